The van der Waals surface area contributed by atoms with Crippen LogP contribution in [0.3, 0.4) is 0 Å². The van der Waals surface area contributed by atoms with E-state index in [1.54, 1.807) is 6.08 Å². The van der Waals surface area contributed by atoms with Gasteiger partial charge in [0.15, 0.2) is 0 Å². The van der Waals surface area contributed by atoms with Crippen molar-refractivity contribution in [2.45, 2.75) is 31.7 Å². The van der Waals surface area contributed by atoms with E-state index >= 15 is 0 Å². The van der Waals surface area contributed by atoms with Crippen LogP contribution in [0.1, 0.15) is 35.1 Å². The van der Waals surface area contributed by atoms with Gasteiger partial charge in [0.25, 0.3) is 0 Å². The molecular weight excluding hydrogens is 448 g/mol. The zero-order valence-corrected chi connectivity index (χ0v) is 17.5. The third-order valence-electron chi connectivity index (χ3n) is 5.59. The first-order valence-electron chi connectivity index (χ1n) is 10.4. The third kappa shape index (κ3) is 7.35. The number of halogens is 6. The van der Waals surface area contributed by atoms with E-state index in [-0.39, 0.29) is 18.3 Å². The Balaban J connectivity index is 1.70. The van der Waals surface area contributed by atoms with Crippen molar-refractivity contribution in [3.8, 4) is 0 Å². The molecular formula is C24H23F6NO2. The minimum atomic E-state index is -4.41. The molecule has 0 spiro atoms. The predicted molar refractivity (Wildman–Crippen MR) is 111 cm³/mol. The Morgan fingerprint density at radius 2 is 1.45 bits per heavy atom. The summed E-state index contributed by atoms with van der Waals surface area (Å²) in [4.78, 5) is 13.2. The number of carboxylic acids is 1. The van der Waals surface area contributed by atoms with Gasteiger partial charge in [-0.3, -0.25) is 9.69 Å². The van der Waals surface area contributed by atoms with E-state index in [4.69, 9.17) is 0 Å². The highest BCUT2D eigenvalue weighted by Crippen LogP contribution is 2.31. The van der Waals surface area contributed by atoms with Crippen molar-refractivity contribution in [2.75, 3.05) is 13.1 Å². The molecule has 1 aliphatic rings. The van der Waals surface area contributed by atoms with Gasteiger partial charge in [0, 0.05) is 26.1 Å². The van der Waals surface area contributed by atoms with Gasteiger partial charge < -0.3 is 5.11 Å². The highest BCUT2D eigenvalue weighted by molar-refractivity contribution is 5.67. The first-order chi connectivity index (χ1) is 15.4. The summed E-state index contributed by atoms with van der Waals surface area (Å²) in [7, 11) is 0. The van der Waals surface area contributed by atoms with Crippen LogP contribution in [0.15, 0.2) is 54.6 Å². The third-order valence-corrected chi connectivity index (χ3v) is 5.59. The van der Waals surface area contributed by atoms with Crippen molar-refractivity contribution in [2.24, 2.45) is 11.8 Å². The maximum Gasteiger partial charge on any atom is 0.416 e. The van der Waals surface area contributed by atoms with Crippen LogP contribution >= 0.6 is 0 Å². The highest BCUT2D eigenvalue weighted by atomic mass is 19.4. The zero-order valence-electron chi connectivity index (χ0n) is 17.5. The average Bonchev–Trinajstić information content (AvgIpc) is 2.71. The number of benzene rings is 2. The number of likely N-dealkylation sites (tertiary alicyclic amines) is 1. The van der Waals surface area contributed by atoms with Gasteiger partial charge in [-0.05, 0) is 53.6 Å². The first-order valence-corrected chi connectivity index (χ1v) is 10.4. The zero-order chi connectivity index (χ0) is 24.2. The molecule has 3 rings (SSSR count). The van der Waals surface area contributed by atoms with Gasteiger partial charge in [-0.15, -0.1) is 0 Å². The molecule has 1 saturated heterocycles. The molecule has 1 heterocycles. The maximum atomic E-state index is 12.8. The molecule has 2 unspecified atom stereocenters. The Morgan fingerprint density at radius 3 is 1.97 bits per heavy atom. The lowest BCUT2D eigenvalue weighted by Crippen LogP contribution is -2.40. The van der Waals surface area contributed by atoms with Crippen LogP contribution in [0.4, 0.5) is 26.3 Å². The smallest absolute Gasteiger partial charge is 0.416 e. The van der Waals surface area contributed by atoms with Crippen LogP contribution in [-0.4, -0.2) is 29.1 Å². The molecule has 1 fully saturated rings. The van der Waals surface area contributed by atoms with Gasteiger partial charge in [-0.2, -0.15) is 26.3 Å². The summed E-state index contributed by atoms with van der Waals surface area (Å²) in [6.45, 7) is 1.44. The molecule has 0 aliphatic carbocycles. The summed E-state index contributed by atoms with van der Waals surface area (Å²) in [6, 6.07) is 9.63. The summed E-state index contributed by atoms with van der Waals surface area (Å²) in [5, 5.41) is 9.20. The van der Waals surface area contributed by atoms with Crippen LogP contribution in [-0.2, 0) is 23.7 Å². The second kappa shape index (κ2) is 9.99. The Morgan fingerprint density at radius 1 is 0.909 bits per heavy atom. The molecule has 0 aromatic heterocycles. The number of nitrogens with zero attached hydrogens (tertiary/aromatic N) is 1. The Labute approximate surface area is 187 Å². The second-order valence-electron chi connectivity index (χ2n) is 8.33. The topological polar surface area (TPSA) is 40.5 Å². The van der Waals surface area contributed by atoms with E-state index in [2.05, 4.69) is 0 Å². The number of hydrogen-bond donors (Lipinski definition) is 1. The van der Waals surface area contributed by atoms with E-state index in [0.29, 0.717) is 37.2 Å². The van der Waals surface area contributed by atoms with E-state index in [1.807, 2.05) is 11.0 Å². The van der Waals surface area contributed by atoms with Crippen molar-refractivity contribution in [1.82, 2.24) is 4.90 Å². The fourth-order valence-electron chi connectivity index (χ4n) is 4.10. The molecule has 2 aromatic rings. The van der Waals surface area contributed by atoms with Gasteiger partial charge >= 0.3 is 18.3 Å². The Hall–Kier alpha value is -2.81. The highest BCUT2D eigenvalue weighted by Gasteiger charge is 2.31. The summed E-state index contributed by atoms with van der Waals surface area (Å²) < 4.78 is 76.5. The largest absolute Gasteiger partial charge is 0.481 e. The van der Waals surface area contributed by atoms with Crippen molar-refractivity contribution < 1.29 is 36.2 Å². The van der Waals surface area contributed by atoms with Gasteiger partial charge in [-0.1, -0.05) is 36.4 Å². The minimum Gasteiger partial charge on any atom is -0.481 e. The first kappa shape index (κ1) is 24.8. The molecule has 0 bridgehead atoms. The SMILES string of the molecule is O=C(O)CC1CC(/C=C/c2ccc(C(F)(F)F)cc2)CN(Cc2ccc(C(F)(F)F)cc2)C1. The van der Waals surface area contributed by atoms with Crippen molar-refractivity contribution in [3.05, 3.63) is 76.9 Å². The van der Waals surface area contributed by atoms with Gasteiger partial charge in [0.05, 0.1) is 11.1 Å². The summed E-state index contributed by atoms with van der Waals surface area (Å²) in [5.41, 5.74) is -0.186. The molecule has 9 heteroatoms. The number of piperidine rings is 1. The quantitative estimate of drug-likeness (QED) is 0.499. The molecule has 2 atom stereocenters. The molecule has 0 radical (unpaired) electrons. The van der Waals surface area contributed by atoms with Gasteiger partial charge in [0.1, 0.15) is 0 Å². The Bertz CT molecular complexity index is 964. The lowest BCUT2D eigenvalue weighted by Gasteiger charge is -2.36. The summed E-state index contributed by atoms with van der Waals surface area (Å²) in [5.74, 6) is -1.12. The summed E-state index contributed by atoms with van der Waals surface area (Å²) in [6.07, 6.45) is -4.68. The van der Waals surface area contributed by atoms with E-state index < -0.39 is 29.4 Å². The number of hydrogen-bond acceptors (Lipinski definition) is 2. The number of carboxylic acid groups (broad SMARTS) is 1. The van der Waals surface area contributed by atoms with Gasteiger partial charge in [0.2, 0.25) is 0 Å². The maximum absolute atomic E-state index is 12.8. The average molecular weight is 471 g/mol. The van der Waals surface area contributed by atoms with Crippen LogP contribution < -0.4 is 0 Å². The molecule has 33 heavy (non-hydrogen) atoms. The normalized spacial score (nSPS) is 20.3. The number of alkyl halides is 6. The van der Waals surface area contributed by atoms with Crippen LogP contribution in [0.2, 0.25) is 0 Å². The number of aliphatic carboxylic acids is 1. The van der Waals surface area contributed by atoms with E-state index in [1.165, 1.54) is 24.3 Å². The molecule has 1 aliphatic heterocycles. The monoisotopic (exact) mass is 471 g/mol. The Kier molecular flexibility index (Phi) is 7.51. The van der Waals surface area contributed by atoms with Crippen LogP contribution in [0.25, 0.3) is 6.08 Å². The van der Waals surface area contributed by atoms with Crippen molar-refractivity contribution in [1.29, 1.82) is 0 Å². The molecule has 0 amide bonds. The van der Waals surface area contributed by atoms with Crippen molar-refractivity contribution in [3.63, 3.8) is 0 Å². The second-order valence-corrected chi connectivity index (χ2v) is 8.33. The standard InChI is InChI=1S/C24H23F6NO2/c25-23(26,27)20-7-3-16(4-8-20)1-2-18-11-19(12-22(32)33)15-31(14-18)13-17-5-9-21(10-6-17)24(28,29)30/h1-10,18-19H,11-15H2,(H,32,33)/b2-1+. The fraction of sp³-hybridized carbons (Fsp3) is 0.375. The van der Waals surface area contributed by atoms with Crippen molar-refractivity contribution >= 4 is 12.0 Å². The molecule has 178 valence electrons. The number of carbonyl (C=O) groups is 1. The molecule has 3 nitrogen and oxygen atoms in total. The minimum absolute atomic E-state index is 0.0336. The summed E-state index contributed by atoms with van der Waals surface area (Å²) >= 11 is 0. The fourth-order valence-corrected chi connectivity index (χ4v) is 4.10. The molecule has 1 N–H and O–H groups in total. The number of rotatable bonds is 6. The van der Waals surface area contributed by atoms with E-state index in [9.17, 15) is 36.2 Å². The van der Waals surface area contributed by atoms with E-state index in [0.717, 1.165) is 24.3 Å². The lowest BCUT2D eigenvalue weighted by atomic mass is 9.86. The lowest BCUT2D eigenvalue weighted by molar-refractivity contribution is -0.139. The predicted octanol–water partition coefficient (Wildman–Crippen LogP) is 6.35. The molecule has 2 aromatic carbocycles. The van der Waals surface area contributed by atoms with Gasteiger partial charge in [-0.25, -0.2) is 0 Å². The van der Waals surface area contributed by atoms with Crippen LogP contribution in [0, 0.1) is 11.8 Å². The van der Waals surface area contributed by atoms with Crippen LogP contribution in [0.5, 0.6) is 0 Å². The molecule has 0 saturated carbocycles.